The molecule has 8 nitrogen and oxygen atoms in total. The van der Waals surface area contributed by atoms with Crippen molar-refractivity contribution in [1.82, 2.24) is 14.9 Å². The van der Waals surface area contributed by atoms with Gasteiger partial charge in [0.15, 0.2) is 11.5 Å². The molecule has 0 spiro atoms. The largest absolute Gasteiger partial charge is 0.464 e. The molecule has 35 heavy (non-hydrogen) atoms. The Hall–Kier alpha value is -3.65. The van der Waals surface area contributed by atoms with Crippen LogP contribution in [0.3, 0.4) is 0 Å². The van der Waals surface area contributed by atoms with Crippen LogP contribution < -0.4 is 9.64 Å². The number of rotatable bonds is 4. The highest BCUT2D eigenvalue weighted by Gasteiger charge is 2.28. The van der Waals surface area contributed by atoms with Crippen molar-refractivity contribution < 1.29 is 19.1 Å². The molecule has 2 aliphatic heterocycles. The molecule has 5 rings (SSSR count). The molecule has 0 unspecified atom stereocenters. The first kappa shape index (κ1) is 23.1. The van der Waals surface area contributed by atoms with Crippen LogP contribution in [0.5, 0.6) is 5.75 Å². The summed E-state index contributed by atoms with van der Waals surface area (Å²) in [6, 6.07) is 12.8. The van der Waals surface area contributed by atoms with E-state index >= 15 is 0 Å². The predicted molar refractivity (Wildman–Crippen MR) is 133 cm³/mol. The number of hydrogen-bond acceptors (Lipinski definition) is 7. The Balaban J connectivity index is 1.35. The third-order valence-corrected chi connectivity index (χ3v) is 6.34. The van der Waals surface area contributed by atoms with Crippen molar-refractivity contribution in [2.45, 2.75) is 19.8 Å². The van der Waals surface area contributed by atoms with Crippen LogP contribution in [-0.4, -0.2) is 59.5 Å². The molecule has 2 aromatic carbocycles. The van der Waals surface area contributed by atoms with E-state index in [1.54, 1.807) is 13.0 Å². The zero-order valence-corrected chi connectivity index (χ0v) is 20.1. The number of esters is 1. The summed E-state index contributed by atoms with van der Waals surface area (Å²) >= 11 is 6.12. The minimum Gasteiger partial charge on any atom is -0.464 e. The smallest absolute Gasteiger partial charge is 0.360 e. The number of carbonyl (C=O) groups is 2. The van der Waals surface area contributed by atoms with Crippen LogP contribution in [0.4, 0.5) is 5.82 Å². The normalized spacial score (nSPS) is 15.7. The van der Waals surface area contributed by atoms with Gasteiger partial charge in [0, 0.05) is 43.2 Å². The number of halogens is 1. The van der Waals surface area contributed by atoms with Gasteiger partial charge < -0.3 is 19.3 Å². The van der Waals surface area contributed by atoms with E-state index in [4.69, 9.17) is 26.1 Å². The molecule has 0 bridgehead atoms. The second-order valence-corrected chi connectivity index (χ2v) is 8.86. The number of nitrogens with zero attached hydrogens (tertiary/aromatic N) is 4. The molecule has 0 saturated carbocycles. The van der Waals surface area contributed by atoms with Gasteiger partial charge >= 0.3 is 5.97 Å². The summed E-state index contributed by atoms with van der Waals surface area (Å²) in [6.45, 7) is 4.23. The van der Waals surface area contributed by atoms with E-state index in [1.807, 2.05) is 46.2 Å². The summed E-state index contributed by atoms with van der Waals surface area (Å²) < 4.78 is 10.9. The Morgan fingerprint density at radius 2 is 1.86 bits per heavy atom. The van der Waals surface area contributed by atoms with E-state index in [0.717, 1.165) is 17.7 Å². The third-order valence-electron chi connectivity index (χ3n) is 6.11. The first-order valence-corrected chi connectivity index (χ1v) is 12.0. The number of hydrogen-bond donors (Lipinski definition) is 0. The predicted octanol–water partition coefficient (Wildman–Crippen LogP) is 4.02. The van der Waals surface area contributed by atoms with Gasteiger partial charge in [0.2, 0.25) is 0 Å². The van der Waals surface area contributed by atoms with E-state index in [2.05, 4.69) is 4.98 Å². The zero-order valence-electron chi connectivity index (χ0n) is 19.4. The van der Waals surface area contributed by atoms with Gasteiger partial charge in [-0.25, -0.2) is 14.8 Å². The number of ether oxygens (including phenoxy) is 2. The number of fused-ring (bicyclic) bond motifs is 2. The number of anilines is 1. The molecule has 9 heteroatoms. The summed E-state index contributed by atoms with van der Waals surface area (Å²) in [7, 11) is 0. The van der Waals surface area contributed by atoms with Gasteiger partial charge in [-0.3, -0.25) is 4.79 Å². The average molecular weight is 493 g/mol. The zero-order chi connectivity index (χ0) is 24.4. The molecular weight excluding hydrogens is 468 g/mol. The second kappa shape index (κ2) is 9.92. The molecule has 1 amide bonds. The number of carbonyl (C=O) groups excluding carboxylic acids is 2. The van der Waals surface area contributed by atoms with E-state index in [9.17, 15) is 9.59 Å². The fourth-order valence-corrected chi connectivity index (χ4v) is 4.59. The molecule has 180 valence electrons. The van der Waals surface area contributed by atoms with Gasteiger partial charge in [0.05, 0.1) is 23.2 Å². The Bertz CT molecular complexity index is 1330. The molecule has 1 fully saturated rings. The van der Waals surface area contributed by atoms with Crippen LogP contribution in [0.25, 0.3) is 11.0 Å². The van der Waals surface area contributed by atoms with Crippen LogP contribution in [0.1, 0.15) is 29.4 Å². The van der Waals surface area contributed by atoms with Gasteiger partial charge in [-0.2, -0.15) is 0 Å². The van der Waals surface area contributed by atoms with E-state index in [-0.39, 0.29) is 18.2 Å². The minimum absolute atomic E-state index is 0.0623. The molecule has 0 radical (unpaired) electrons. The van der Waals surface area contributed by atoms with Gasteiger partial charge in [0.1, 0.15) is 12.0 Å². The summed E-state index contributed by atoms with van der Waals surface area (Å²) in [5.74, 6) is 0.641. The topological polar surface area (TPSA) is 84.9 Å². The van der Waals surface area contributed by atoms with Crippen LogP contribution in [0, 0.1) is 0 Å². The first-order chi connectivity index (χ1) is 17.0. The molecule has 1 aromatic heterocycles. The summed E-state index contributed by atoms with van der Waals surface area (Å²) in [5.41, 5.74) is 3.02. The number of amides is 1. The maximum atomic E-state index is 13.3. The van der Waals surface area contributed by atoms with Crippen LogP contribution in [0.2, 0.25) is 5.02 Å². The van der Waals surface area contributed by atoms with E-state index < -0.39 is 5.97 Å². The number of para-hydroxylation sites is 2. The molecule has 0 atom stereocenters. The molecule has 0 N–H and O–H groups in total. The first-order valence-electron chi connectivity index (χ1n) is 11.7. The summed E-state index contributed by atoms with van der Waals surface area (Å²) in [4.78, 5) is 39.1. The van der Waals surface area contributed by atoms with Crippen molar-refractivity contribution in [3.63, 3.8) is 0 Å². The lowest BCUT2D eigenvalue weighted by atomic mass is 10.0. The Labute approximate surface area is 208 Å². The molecule has 0 aliphatic carbocycles. The fourth-order valence-electron chi connectivity index (χ4n) is 4.39. The minimum atomic E-state index is -0.500. The lowest BCUT2D eigenvalue weighted by Gasteiger charge is -2.25. The quantitative estimate of drug-likeness (QED) is 0.508. The average Bonchev–Trinajstić information content (AvgIpc) is 3.13. The highest BCUT2D eigenvalue weighted by atomic mass is 35.5. The SMILES string of the molecule is CCOC(=O)c1nc2ccccc2nc1N1CCCN(C(=O)C2=COc3ccc(Cl)cc3C2)CC1. The second-order valence-electron chi connectivity index (χ2n) is 8.43. The van der Waals surface area contributed by atoms with Crippen LogP contribution >= 0.6 is 11.6 Å². The highest BCUT2D eigenvalue weighted by Crippen LogP contribution is 2.30. The summed E-state index contributed by atoms with van der Waals surface area (Å²) in [6.07, 6.45) is 2.73. The molecule has 1 saturated heterocycles. The molecule has 3 aromatic rings. The van der Waals surface area contributed by atoms with Gasteiger partial charge in [-0.15, -0.1) is 0 Å². The maximum absolute atomic E-state index is 13.3. The lowest BCUT2D eigenvalue weighted by molar-refractivity contribution is -0.127. The van der Waals surface area contributed by atoms with Gasteiger partial charge in [0.25, 0.3) is 5.91 Å². The Morgan fingerprint density at radius 3 is 2.66 bits per heavy atom. The Kier molecular flexibility index (Phi) is 6.55. The van der Waals surface area contributed by atoms with E-state index in [1.165, 1.54) is 6.26 Å². The molecule has 2 aliphatic rings. The van der Waals surface area contributed by atoms with Crippen molar-refractivity contribution in [3.05, 3.63) is 70.6 Å². The molecular formula is C26H25ClN4O4. The van der Waals surface area contributed by atoms with Crippen molar-refractivity contribution >= 4 is 40.3 Å². The lowest BCUT2D eigenvalue weighted by Crippen LogP contribution is -2.37. The number of benzene rings is 2. The van der Waals surface area contributed by atoms with E-state index in [0.29, 0.717) is 60.0 Å². The fraction of sp³-hybridized carbons (Fsp3) is 0.308. The van der Waals surface area contributed by atoms with Crippen molar-refractivity contribution in [2.75, 3.05) is 37.7 Å². The van der Waals surface area contributed by atoms with Crippen molar-refractivity contribution in [3.8, 4) is 5.75 Å². The highest BCUT2D eigenvalue weighted by molar-refractivity contribution is 6.30. The van der Waals surface area contributed by atoms with Crippen molar-refractivity contribution in [1.29, 1.82) is 0 Å². The third kappa shape index (κ3) is 4.79. The standard InChI is InChI=1S/C26H25ClN4O4/c1-2-34-26(33)23-24(29-21-7-4-3-6-20(21)28-23)30-10-5-11-31(13-12-30)25(32)18-14-17-15-19(27)8-9-22(17)35-16-18/h3-4,6-9,15-16H,2,5,10-14H2,1H3. The monoisotopic (exact) mass is 492 g/mol. The van der Waals surface area contributed by atoms with Crippen LogP contribution in [0.15, 0.2) is 54.3 Å². The maximum Gasteiger partial charge on any atom is 0.360 e. The van der Waals surface area contributed by atoms with Crippen LogP contribution in [-0.2, 0) is 16.0 Å². The van der Waals surface area contributed by atoms with Gasteiger partial charge in [-0.1, -0.05) is 23.7 Å². The molecule has 3 heterocycles. The van der Waals surface area contributed by atoms with Crippen molar-refractivity contribution in [2.24, 2.45) is 0 Å². The Morgan fingerprint density at radius 1 is 1.06 bits per heavy atom. The number of aromatic nitrogens is 2. The van der Waals surface area contributed by atoms with Gasteiger partial charge in [-0.05, 0) is 43.7 Å². The summed E-state index contributed by atoms with van der Waals surface area (Å²) in [5, 5.41) is 0.611.